The largest absolute Gasteiger partial charge is 0.508 e. The molecule has 3 aromatic rings. The third-order valence-electron chi connectivity index (χ3n) is 9.53. The van der Waals surface area contributed by atoms with Gasteiger partial charge in [-0.1, -0.05) is 53.1 Å². The maximum atomic E-state index is 14.9. The highest BCUT2D eigenvalue weighted by molar-refractivity contribution is 6.32. The van der Waals surface area contributed by atoms with Crippen LogP contribution in [0, 0.1) is 29.5 Å². The normalized spacial score (nSPS) is 29.4. The van der Waals surface area contributed by atoms with Crippen molar-refractivity contribution in [3.8, 4) is 5.75 Å². The van der Waals surface area contributed by atoms with Crippen LogP contribution in [-0.4, -0.2) is 44.0 Å². The van der Waals surface area contributed by atoms with E-state index in [9.17, 15) is 33.9 Å². The Balaban J connectivity index is 1.48. The van der Waals surface area contributed by atoms with Gasteiger partial charge in [0.2, 0.25) is 0 Å². The second-order valence-electron chi connectivity index (χ2n) is 11.6. The SMILES string of the molecule is O=C1[C@H]2[C@H](CC=C3[C@H]2C[C@H]2C(=O)N(Nc4ccc(F)cc4)C(=O)[C@@]2(c2ccc(Cl)cc2)[C@H]3c2ccc(O)cc2Cl)C(=O)N1O. The van der Waals surface area contributed by atoms with Crippen LogP contribution in [0.2, 0.25) is 10.0 Å². The summed E-state index contributed by atoms with van der Waals surface area (Å²) in [6.07, 6.45) is 1.96. The quantitative estimate of drug-likeness (QED) is 0.204. The molecule has 7 rings (SSSR count). The van der Waals surface area contributed by atoms with Gasteiger partial charge in [0.15, 0.2) is 0 Å². The molecule has 2 aliphatic heterocycles. The monoisotopic (exact) mass is 635 g/mol. The molecule has 2 saturated heterocycles. The Labute approximate surface area is 260 Å². The zero-order valence-corrected chi connectivity index (χ0v) is 24.3. The zero-order chi connectivity index (χ0) is 31.1. The Morgan fingerprint density at radius 3 is 2.27 bits per heavy atom. The summed E-state index contributed by atoms with van der Waals surface area (Å²) in [4.78, 5) is 55.4. The predicted octanol–water partition coefficient (Wildman–Crippen LogP) is 5.21. The Bertz CT molecular complexity index is 1780. The molecule has 0 bridgehead atoms. The third kappa shape index (κ3) is 3.94. The number of amides is 4. The van der Waals surface area contributed by atoms with E-state index < -0.39 is 64.5 Å². The van der Waals surface area contributed by atoms with Crippen LogP contribution in [0.5, 0.6) is 5.75 Å². The molecular weight excluding hydrogens is 612 g/mol. The maximum Gasteiger partial charge on any atom is 0.260 e. The van der Waals surface area contributed by atoms with Crippen LogP contribution >= 0.6 is 23.2 Å². The third-order valence-corrected chi connectivity index (χ3v) is 10.1. The smallest absolute Gasteiger partial charge is 0.260 e. The lowest BCUT2D eigenvalue weighted by atomic mass is 9.49. The number of hydroxylamine groups is 2. The number of aromatic hydroxyl groups is 1. The lowest BCUT2D eigenvalue weighted by Crippen LogP contribution is -2.53. The summed E-state index contributed by atoms with van der Waals surface area (Å²) >= 11 is 13.0. The average Bonchev–Trinajstić information content (AvgIpc) is 3.35. The van der Waals surface area contributed by atoms with E-state index in [4.69, 9.17) is 23.2 Å². The first-order chi connectivity index (χ1) is 21.0. The number of benzene rings is 3. The highest BCUT2D eigenvalue weighted by Gasteiger charge is 2.70. The van der Waals surface area contributed by atoms with E-state index in [0.717, 1.165) is 5.01 Å². The standard InChI is InChI=1S/C32H24Cl2FN3O6/c33-16-3-1-15(2-4-16)32-24(29(41)37(31(32)43)36-18-7-5-17(35)6-8-18)14-23-20(27(32)21-10-9-19(39)13-25(21)34)11-12-22-26(23)30(42)38(44)28(22)40/h1-11,13,22-24,26-27,36,39,44H,12,14H2/t22-,23+,24-,26-,27+,32+/m0/s1. The second kappa shape index (κ2) is 10.2. The predicted molar refractivity (Wildman–Crippen MR) is 156 cm³/mol. The molecule has 2 heterocycles. The van der Waals surface area contributed by atoms with Crippen molar-refractivity contribution < 1.29 is 33.9 Å². The van der Waals surface area contributed by atoms with Gasteiger partial charge in [-0.25, -0.2) is 4.39 Å². The number of rotatable bonds is 4. The fourth-order valence-corrected chi connectivity index (χ4v) is 8.14. The number of anilines is 1. The number of hydrogen-bond donors (Lipinski definition) is 3. The summed E-state index contributed by atoms with van der Waals surface area (Å²) in [6.45, 7) is 0. The molecule has 0 radical (unpaired) electrons. The van der Waals surface area contributed by atoms with Crippen molar-refractivity contribution in [2.75, 3.05) is 5.43 Å². The Morgan fingerprint density at radius 2 is 1.59 bits per heavy atom. The molecule has 4 aliphatic rings. The number of nitrogens with one attached hydrogen (secondary N) is 1. The van der Waals surface area contributed by atoms with Gasteiger partial charge in [0, 0.05) is 16.0 Å². The van der Waals surface area contributed by atoms with Crippen LogP contribution < -0.4 is 5.43 Å². The number of hydrazine groups is 1. The number of fused-ring (bicyclic) bond motifs is 4. The van der Waals surface area contributed by atoms with Gasteiger partial charge in [0.1, 0.15) is 11.6 Å². The van der Waals surface area contributed by atoms with Gasteiger partial charge in [0.05, 0.1) is 28.9 Å². The van der Waals surface area contributed by atoms with E-state index in [1.54, 1.807) is 30.3 Å². The number of nitrogens with zero attached hydrogens (tertiary/aromatic N) is 2. The molecule has 9 nitrogen and oxygen atoms in total. The molecule has 44 heavy (non-hydrogen) atoms. The lowest BCUT2D eigenvalue weighted by Gasteiger charge is -2.50. The van der Waals surface area contributed by atoms with Gasteiger partial charge < -0.3 is 5.11 Å². The van der Waals surface area contributed by atoms with Crippen LogP contribution in [0.25, 0.3) is 0 Å². The number of carbonyl (C=O) groups excluding carboxylic acids is 4. The van der Waals surface area contributed by atoms with Gasteiger partial charge in [-0.05, 0) is 78.4 Å². The summed E-state index contributed by atoms with van der Waals surface area (Å²) in [5.41, 5.74) is 3.08. The van der Waals surface area contributed by atoms with E-state index in [2.05, 4.69) is 5.43 Å². The molecule has 0 unspecified atom stereocenters. The number of phenolic OH excluding ortho intramolecular Hbond substituents is 1. The fraction of sp³-hybridized carbons (Fsp3) is 0.250. The molecule has 1 saturated carbocycles. The Hall–Kier alpha value is -4.25. The lowest BCUT2D eigenvalue weighted by molar-refractivity contribution is -0.173. The molecule has 4 amide bonds. The van der Waals surface area contributed by atoms with Crippen molar-refractivity contribution >= 4 is 52.5 Å². The zero-order valence-electron chi connectivity index (χ0n) is 22.8. The molecule has 224 valence electrons. The molecule has 3 N–H and O–H groups in total. The van der Waals surface area contributed by atoms with Crippen LogP contribution in [0.4, 0.5) is 10.1 Å². The first-order valence-corrected chi connectivity index (χ1v) is 14.7. The summed E-state index contributed by atoms with van der Waals surface area (Å²) in [5, 5.41) is 22.1. The van der Waals surface area contributed by atoms with E-state index in [1.165, 1.54) is 36.4 Å². The van der Waals surface area contributed by atoms with Crippen molar-refractivity contribution in [1.29, 1.82) is 0 Å². The van der Waals surface area contributed by atoms with Crippen molar-refractivity contribution in [3.63, 3.8) is 0 Å². The van der Waals surface area contributed by atoms with E-state index in [0.29, 0.717) is 27.4 Å². The van der Waals surface area contributed by atoms with Crippen molar-refractivity contribution in [3.05, 3.63) is 105 Å². The van der Waals surface area contributed by atoms with Crippen LogP contribution in [-0.2, 0) is 24.6 Å². The summed E-state index contributed by atoms with van der Waals surface area (Å²) in [6, 6.07) is 16.1. The topological polar surface area (TPSA) is 127 Å². The molecule has 3 aromatic carbocycles. The molecule has 0 spiro atoms. The first kappa shape index (κ1) is 28.5. The molecule has 0 aromatic heterocycles. The van der Waals surface area contributed by atoms with E-state index >= 15 is 0 Å². The van der Waals surface area contributed by atoms with Crippen molar-refractivity contribution in [1.82, 2.24) is 10.1 Å². The minimum atomic E-state index is -1.60. The van der Waals surface area contributed by atoms with Gasteiger partial charge in [-0.2, -0.15) is 10.1 Å². The van der Waals surface area contributed by atoms with Gasteiger partial charge in [0.25, 0.3) is 23.6 Å². The first-order valence-electron chi connectivity index (χ1n) is 14.0. The van der Waals surface area contributed by atoms with Crippen molar-refractivity contribution in [2.45, 2.75) is 24.2 Å². The van der Waals surface area contributed by atoms with Gasteiger partial charge >= 0.3 is 0 Å². The number of hydrogen-bond acceptors (Lipinski definition) is 7. The molecule has 3 fully saturated rings. The number of halogens is 3. The van der Waals surface area contributed by atoms with Crippen LogP contribution in [0.3, 0.4) is 0 Å². The fourth-order valence-electron chi connectivity index (χ4n) is 7.73. The molecule has 6 atom stereocenters. The molecule has 2 aliphatic carbocycles. The Kier molecular flexibility index (Phi) is 6.58. The summed E-state index contributed by atoms with van der Waals surface area (Å²) in [5.74, 6) is -7.71. The Morgan fingerprint density at radius 1 is 0.886 bits per heavy atom. The summed E-state index contributed by atoms with van der Waals surface area (Å²) < 4.78 is 13.7. The van der Waals surface area contributed by atoms with Crippen LogP contribution in [0.1, 0.15) is 29.9 Å². The summed E-state index contributed by atoms with van der Waals surface area (Å²) in [7, 11) is 0. The van der Waals surface area contributed by atoms with Gasteiger partial charge in [-0.3, -0.25) is 29.8 Å². The average molecular weight is 636 g/mol. The number of phenols is 1. The number of carbonyl (C=O) groups is 4. The maximum absolute atomic E-state index is 14.9. The minimum absolute atomic E-state index is 0.0147. The van der Waals surface area contributed by atoms with Crippen LogP contribution in [0.15, 0.2) is 78.4 Å². The minimum Gasteiger partial charge on any atom is -0.508 e. The van der Waals surface area contributed by atoms with Crippen molar-refractivity contribution in [2.24, 2.45) is 23.7 Å². The van der Waals surface area contributed by atoms with E-state index in [-0.39, 0.29) is 28.7 Å². The highest BCUT2D eigenvalue weighted by Crippen LogP contribution is 2.64. The molecule has 12 heteroatoms. The second-order valence-corrected chi connectivity index (χ2v) is 12.4. The van der Waals surface area contributed by atoms with E-state index in [1.807, 2.05) is 6.08 Å². The highest BCUT2D eigenvalue weighted by atomic mass is 35.5. The van der Waals surface area contributed by atoms with Gasteiger partial charge in [-0.15, -0.1) is 0 Å². The number of allylic oxidation sites excluding steroid dienone is 2. The molecular formula is C32H24Cl2FN3O6. The number of imide groups is 2.